The van der Waals surface area contributed by atoms with Gasteiger partial charge in [-0.3, -0.25) is 4.79 Å². The van der Waals surface area contributed by atoms with E-state index in [1.165, 1.54) is 0 Å². The summed E-state index contributed by atoms with van der Waals surface area (Å²) >= 11 is 0. The Balaban J connectivity index is 1.58. The van der Waals surface area contributed by atoms with Crippen LogP contribution in [0.2, 0.25) is 0 Å². The number of carbonyl (C=O) groups is 1. The molecule has 14 nitrogen and oxygen atoms in total. The average Bonchev–Trinajstić information content (AvgIpc) is 3.25. The molecule has 0 radical (unpaired) electrons. The minimum Gasteiger partial charge on any atom is -0.457 e. The third-order valence-corrected chi connectivity index (χ3v) is 9.72. The number of carbonyl (C=O) groups excluding carboxylic acids is 1. The molecule has 11 atom stereocenters. The van der Waals surface area contributed by atoms with Gasteiger partial charge in [0.2, 0.25) is 0 Å². The Morgan fingerprint density at radius 2 is 1.02 bits per heavy atom. The molecule has 7 N–H and O–H groups in total. The first-order valence-corrected chi connectivity index (χ1v) is 21.7. The van der Waals surface area contributed by atoms with E-state index in [1.807, 2.05) is 0 Å². The van der Waals surface area contributed by atoms with E-state index in [1.54, 1.807) is 6.92 Å². The molecule has 0 spiro atoms. The van der Waals surface area contributed by atoms with Crippen molar-refractivity contribution in [2.45, 2.75) is 165 Å². The first kappa shape index (κ1) is 53.3. The monoisotopic (exact) mass is 851 g/mol. The molecule has 0 saturated carbocycles. The topological polar surface area (TPSA) is 214 Å². The van der Waals surface area contributed by atoms with E-state index in [0.29, 0.717) is 6.61 Å². The first-order chi connectivity index (χ1) is 29.1. The number of unbranched alkanes of at least 4 members (excludes halogenated alkanes) is 4. The van der Waals surface area contributed by atoms with E-state index >= 15 is 0 Å². The van der Waals surface area contributed by atoms with Crippen molar-refractivity contribution >= 4 is 5.97 Å². The molecule has 2 heterocycles. The summed E-state index contributed by atoms with van der Waals surface area (Å²) < 4.78 is 33.3. The molecule has 0 aromatic carbocycles. The summed E-state index contributed by atoms with van der Waals surface area (Å²) in [6.45, 7) is 2.86. The van der Waals surface area contributed by atoms with Gasteiger partial charge >= 0.3 is 5.97 Å². The number of aliphatic hydroxyl groups excluding tert-OH is 7. The minimum atomic E-state index is -1.71. The van der Waals surface area contributed by atoms with Gasteiger partial charge in [-0.1, -0.05) is 112 Å². The molecule has 0 bridgehead atoms. The summed E-state index contributed by atoms with van der Waals surface area (Å²) in [5.41, 5.74) is 0. The third-order valence-electron chi connectivity index (χ3n) is 9.72. The highest BCUT2D eigenvalue weighted by molar-refractivity contribution is 5.69. The smallest absolute Gasteiger partial charge is 0.305 e. The number of rotatable bonds is 31. The van der Waals surface area contributed by atoms with Gasteiger partial charge in [-0.05, 0) is 64.2 Å². The van der Waals surface area contributed by atoms with Crippen LogP contribution in [0, 0.1) is 0 Å². The zero-order valence-corrected chi connectivity index (χ0v) is 35.6. The summed E-state index contributed by atoms with van der Waals surface area (Å²) in [4.78, 5) is 12.1. The molecule has 2 aliphatic heterocycles. The van der Waals surface area contributed by atoms with Gasteiger partial charge in [-0.15, -0.1) is 0 Å². The van der Waals surface area contributed by atoms with E-state index in [2.05, 4.69) is 92.0 Å². The first-order valence-electron chi connectivity index (χ1n) is 21.7. The molecule has 0 aromatic rings. The van der Waals surface area contributed by atoms with Gasteiger partial charge in [0.15, 0.2) is 12.6 Å². The van der Waals surface area contributed by atoms with Crippen LogP contribution in [0.15, 0.2) is 85.1 Å². The van der Waals surface area contributed by atoms with Gasteiger partial charge in [-0.2, -0.15) is 0 Å². The van der Waals surface area contributed by atoms with Crippen LogP contribution in [-0.4, -0.2) is 142 Å². The largest absolute Gasteiger partial charge is 0.457 e. The molecule has 60 heavy (non-hydrogen) atoms. The highest BCUT2D eigenvalue weighted by atomic mass is 16.7. The molecule has 342 valence electrons. The summed E-state index contributed by atoms with van der Waals surface area (Å²) in [5.74, 6) is -0.479. The average molecular weight is 851 g/mol. The van der Waals surface area contributed by atoms with Crippen molar-refractivity contribution in [3.05, 3.63) is 85.1 Å². The third kappa shape index (κ3) is 22.3. The Kier molecular flexibility index (Phi) is 30.0. The van der Waals surface area contributed by atoms with Crippen molar-refractivity contribution in [1.82, 2.24) is 0 Å². The Labute approximate surface area is 357 Å². The van der Waals surface area contributed by atoms with Gasteiger partial charge in [0, 0.05) is 13.0 Å². The van der Waals surface area contributed by atoms with Crippen LogP contribution in [0.5, 0.6) is 0 Å². The van der Waals surface area contributed by atoms with Crippen LogP contribution in [0.1, 0.15) is 97.3 Å². The lowest BCUT2D eigenvalue weighted by molar-refractivity contribution is -0.332. The number of hydrogen-bond acceptors (Lipinski definition) is 14. The second kappa shape index (κ2) is 33.8. The molecule has 2 fully saturated rings. The minimum absolute atomic E-state index is 0.0285. The fourth-order valence-corrected chi connectivity index (χ4v) is 6.12. The molecule has 2 aliphatic rings. The molecule has 14 heteroatoms. The maximum atomic E-state index is 12.1. The fraction of sp³-hybridized carbons (Fsp3) is 0.674. The van der Waals surface area contributed by atoms with Gasteiger partial charge in [0.1, 0.15) is 54.9 Å². The summed E-state index contributed by atoms with van der Waals surface area (Å²) in [6, 6.07) is 0. The van der Waals surface area contributed by atoms with Crippen molar-refractivity contribution in [3.8, 4) is 0 Å². The second-order valence-corrected chi connectivity index (χ2v) is 14.7. The van der Waals surface area contributed by atoms with Crippen molar-refractivity contribution in [2.75, 3.05) is 33.0 Å². The van der Waals surface area contributed by atoms with E-state index in [4.69, 9.17) is 28.4 Å². The molecule has 0 aliphatic carbocycles. The summed E-state index contributed by atoms with van der Waals surface area (Å²) in [5, 5.41) is 71.1. The highest BCUT2D eigenvalue weighted by Gasteiger charge is 2.47. The molecule has 0 aromatic heterocycles. The van der Waals surface area contributed by atoms with Crippen molar-refractivity contribution < 1.29 is 69.0 Å². The van der Waals surface area contributed by atoms with Gasteiger partial charge in [-0.25, -0.2) is 0 Å². The van der Waals surface area contributed by atoms with Crippen LogP contribution >= 0.6 is 0 Å². The van der Waals surface area contributed by atoms with Gasteiger partial charge < -0.3 is 64.2 Å². The van der Waals surface area contributed by atoms with E-state index < -0.39 is 86.7 Å². The number of esters is 1. The molecule has 2 saturated heterocycles. The quantitative estimate of drug-likeness (QED) is 0.0290. The fourth-order valence-electron chi connectivity index (χ4n) is 6.12. The molecule has 11 unspecified atom stereocenters. The predicted molar refractivity (Wildman–Crippen MR) is 228 cm³/mol. The van der Waals surface area contributed by atoms with Crippen LogP contribution in [-0.2, 0) is 33.2 Å². The lowest BCUT2D eigenvalue weighted by Crippen LogP contribution is -2.61. The number of allylic oxidation sites excluding steroid dienone is 14. The maximum absolute atomic E-state index is 12.1. The van der Waals surface area contributed by atoms with E-state index in [9.17, 15) is 40.5 Å². The predicted octanol–water partition coefficient (Wildman–Crippen LogP) is 4.56. The molecular formula is C46H74O14. The van der Waals surface area contributed by atoms with Crippen LogP contribution in [0.4, 0.5) is 0 Å². The molecule has 0 amide bonds. The van der Waals surface area contributed by atoms with E-state index in [0.717, 1.165) is 77.0 Å². The van der Waals surface area contributed by atoms with Crippen molar-refractivity contribution in [3.63, 3.8) is 0 Å². The van der Waals surface area contributed by atoms with Crippen LogP contribution in [0.25, 0.3) is 0 Å². The highest BCUT2D eigenvalue weighted by Crippen LogP contribution is 2.26. The van der Waals surface area contributed by atoms with Crippen molar-refractivity contribution in [2.24, 2.45) is 0 Å². The van der Waals surface area contributed by atoms with E-state index in [-0.39, 0.29) is 19.6 Å². The summed E-state index contributed by atoms with van der Waals surface area (Å²) in [7, 11) is 0. The Bertz CT molecular complexity index is 1310. The second-order valence-electron chi connectivity index (χ2n) is 14.7. The normalized spacial score (nSPS) is 28.6. The number of hydrogen-bond donors (Lipinski definition) is 7. The maximum Gasteiger partial charge on any atom is 0.305 e. The SMILES string of the molecule is CC/C=C\C/C=C\C/C=C\C/C=C\C/C=C\C/C=C\C/C=C\CCCCCCOCC(COC1OC(COC2OC(CO)C(O)C(O)C2O)C(O)C(O)C1O)OC(=O)CC. The number of aliphatic hydroxyl groups is 7. The number of ether oxygens (including phenoxy) is 6. The lowest BCUT2D eigenvalue weighted by atomic mass is 9.98. The zero-order valence-electron chi connectivity index (χ0n) is 35.6. The zero-order chi connectivity index (χ0) is 43.8. The lowest BCUT2D eigenvalue weighted by Gasteiger charge is -2.42. The Morgan fingerprint density at radius 1 is 0.550 bits per heavy atom. The Morgan fingerprint density at radius 3 is 1.53 bits per heavy atom. The molecular weight excluding hydrogens is 776 g/mol. The molecule has 2 rings (SSSR count). The Hall–Kier alpha value is -2.83. The standard InChI is InChI=1S/C46H74O14/c1-3-5-6-7-8-9-10-11-12-13-14-15-16-17-18-19-20-21-22-23-24-25-26-27-28-29-30-55-32-35(58-38(48)4-2)33-56-45-44(54)42(52)40(50)37(60-45)34-57-46-43(53)41(51)39(49)36(31-47)59-46/h5-6,8-9,11-12,14-15,17-18,20-21,23-24,35-37,39-47,49-54H,3-4,7,10,13,16,19,22,25-34H2,1-2H3/b6-5-,9-8-,12-11-,15-14-,18-17-,21-20-,24-23-. The van der Waals surface area contributed by atoms with Crippen LogP contribution < -0.4 is 0 Å². The summed E-state index contributed by atoms with van der Waals surface area (Å²) in [6.07, 6.45) is 26.4. The van der Waals surface area contributed by atoms with Crippen molar-refractivity contribution in [1.29, 1.82) is 0 Å². The van der Waals surface area contributed by atoms with Crippen LogP contribution in [0.3, 0.4) is 0 Å². The van der Waals surface area contributed by atoms with Gasteiger partial charge in [0.25, 0.3) is 0 Å². The van der Waals surface area contributed by atoms with Gasteiger partial charge in [0.05, 0.1) is 26.4 Å².